The summed E-state index contributed by atoms with van der Waals surface area (Å²) in [6.07, 6.45) is 2.15. The van der Waals surface area contributed by atoms with E-state index in [1.165, 1.54) is 16.7 Å². The molecule has 2 heteroatoms. The molecule has 19 heavy (non-hydrogen) atoms. The molecule has 0 aliphatic heterocycles. The SMILES string of the molecule is CCCNC(Cc1cc(C)ccc1C)C(C)(C)OC. The minimum Gasteiger partial charge on any atom is -0.377 e. The summed E-state index contributed by atoms with van der Waals surface area (Å²) in [5.74, 6) is 0. The van der Waals surface area contributed by atoms with Gasteiger partial charge in [0.1, 0.15) is 0 Å². The Labute approximate surface area is 118 Å². The fourth-order valence-corrected chi connectivity index (χ4v) is 2.26. The fourth-order valence-electron chi connectivity index (χ4n) is 2.26. The summed E-state index contributed by atoms with van der Waals surface area (Å²) >= 11 is 0. The first-order valence-electron chi connectivity index (χ1n) is 7.25. The zero-order valence-corrected chi connectivity index (χ0v) is 13.3. The van der Waals surface area contributed by atoms with Gasteiger partial charge in [0.2, 0.25) is 0 Å². The second kappa shape index (κ2) is 7.06. The maximum absolute atomic E-state index is 5.68. The average Bonchev–Trinajstić information content (AvgIpc) is 2.38. The monoisotopic (exact) mass is 263 g/mol. The normalized spacial score (nSPS) is 13.6. The Morgan fingerprint density at radius 1 is 1.26 bits per heavy atom. The van der Waals surface area contributed by atoms with Crippen LogP contribution in [0.5, 0.6) is 0 Å². The highest BCUT2D eigenvalue weighted by atomic mass is 16.5. The summed E-state index contributed by atoms with van der Waals surface area (Å²) in [7, 11) is 1.80. The molecular weight excluding hydrogens is 234 g/mol. The lowest BCUT2D eigenvalue weighted by molar-refractivity contribution is -0.0100. The molecule has 0 saturated carbocycles. The van der Waals surface area contributed by atoms with Crippen molar-refractivity contribution < 1.29 is 4.74 Å². The molecule has 1 rings (SSSR count). The number of hydrogen-bond acceptors (Lipinski definition) is 2. The standard InChI is InChI=1S/C17H29NO/c1-7-10-18-16(17(4,5)19-6)12-15-11-13(2)8-9-14(15)3/h8-9,11,16,18H,7,10,12H2,1-6H3. The zero-order valence-electron chi connectivity index (χ0n) is 13.3. The number of benzene rings is 1. The third kappa shape index (κ3) is 4.63. The van der Waals surface area contributed by atoms with Gasteiger partial charge in [0, 0.05) is 13.2 Å². The van der Waals surface area contributed by atoms with Crippen molar-refractivity contribution in [3.05, 3.63) is 34.9 Å². The molecule has 0 heterocycles. The van der Waals surface area contributed by atoms with Crippen molar-refractivity contribution in [2.45, 2.75) is 59.1 Å². The summed E-state index contributed by atoms with van der Waals surface area (Å²) in [5.41, 5.74) is 3.94. The Morgan fingerprint density at radius 3 is 2.53 bits per heavy atom. The number of methoxy groups -OCH3 is 1. The van der Waals surface area contributed by atoms with E-state index in [9.17, 15) is 0 Å². The molecular formula is C17H29NO. The Bertz CT molecular complexity index is 398. The van der Waals surface area contributed by atoms with Crippen LogP contribution in [0.15, 0.2) is 18.2 Å². The molecule has 0 aromatic heterocycles. The topological polar surface area (TPSA) is 21.3 Å². The van der Waals surface area contributed by atoms with Crippen LogP contribution in [0.1, 0.15) is 43.9 Å². The van der Waals surface area contributed by atoms with Crippen molar-refractivity contribution >= 4 is 0 Å². The van der Waals surface area contributed by atoms with E-state index in [2.05, 4.69) is 58.1 Å². The van der Waals surface area contributed by atoms with Gasteiger partial charge < -0.3 is 10.1 Å². The maximum Gasteiger partial charge on any atom is 0.0778 e. The molecule has 1 atom stereocenters. The smallest absolute Gasteiger partial charge is 0.0778 e. The molecule has 1 N–H and O–H groups in total. The first-order valence-corrected chi connectivity index (χ1v) is 7.25. The molecule has 0 bridgehead atoms. The first kappa shape index (κ1) is 16.2. The van der Waals surface area contributed by atoms with Crippen molar-refractivity contribution in [2.24, 2.45) is 0 Å². The van der Waals surface area contributed by atoms with Gasteiger partial charge >= 0.3 is 0 Å². The van der Waals surface area contributed by atoms with Crippen LogP contribution in [0, 0.1) is 13.8 Å². The fraction of sp³-hybridized carbons (Fsp3) is 0.647. The van der Waals surface area contributed by atoms with Gasteiger partial charge in [0.05, 0.1) is 5.60 Å². The van der Waals surface area contributed by atoms with Gasteiger partial charge in [-0.25, -0.2) is 0 Å². The molecule has 2 nitrogen and oxygen atoms in total. The van der Waals surface area contributed by atoms with Crippen LogP contribution in [0.4, 0.5) is 0 Å². The number of rotatable bonds is 7. The van der Waals surface area contributed by atoms with Crippen LogP contribution in [0.25, 0.3) is 0 Å². The Hall–Kier alpha value is -0.860. The molecule has 0 radical (unpaired) electrons. The third-order valence-electron chi connectivity index (χ3n) is 3.93. The van der Waals surface area contributed by atoms with E-state index in [1.807, 2.05) is 0 Å². The highest BCUT2D eigenvalue weighted by Crippen LogP contribution is 2.21. The molecule has 108 valence electrons. The highest BCUT2D eigenvalue weighted by molar-refractivity contribution is 5.31. The van der Waals surface area contributed by atoms with Crippen molar-refractivity contribution in [2.75, 3.05) is 13.7 Å². The van der Waals surface area contributed by atoms with Crippen molar-refractivity contribution in [3.63, 3.8) is 0 Å². The van der Waals surface area contributed by atoms with Gasteiger partial charge in [-0.3, -0.25) is 0 Å². The summed E-state index contributed by atoms with van der Waals surface area (Å²) in [6, 6.07) is 7.01. The lowest BCUT2D eigenvalue weighted by atomic mass is 9.89. The van der Waals surface area contributed by atoms with Gasteiger partial charge in [-0.15, -0.1) is 0 Å². The molecule has 1 aromatic rings. The van der Waals surface area contributed by atoms with E-state index in [-0.39, 0.29) is 5.60 Å². The lowest BCUT2D eigenvalue weighted by Gasteiger charge is -2.34. The van der Waals surface area contributed by atoms with Gasteiger partial charge in [0.25, 0.3) is 0 Å². The van der Waals surface area contributed by atoms with Crippen LogP contribution < -0.4 is 5.32 Å². The van der Waals surface area contributed by atoms with Crippen molar-refractivity contribution in [1.82, 2.24) is 5.32 Å². The summed E-state index contributed by atoms with van der Waals surface area (Å²) in [6.45, 7) is 11.9. The van der Waals surface area contributed by atoms with E-state index in [0.717, 1.165) is 19.4 Å². The minimum atomic E-state index is -0.161. The second-order valence-corrected chi connectivity index (χ2v) is 5.95. The molecule has 0 spiro atoms. The largest absolute Gasteiger partial charge is 0.377 e. The molecule has 0 amide bonds. The first-order chi connectivity index (χ1) is 8.90. The third-order valence-corrected chi connectivity index (χ3v) is 3.93. The number of nitrogens with one attached hydrogen (secondary N) is 1. The van der Waals surface area contributed by atoms with Crippen LogP contribution in [0.2, 0.25) is 0 Å². The minimum absolute atomic E-state index is 0.161. The highest BCUT2D eigenvalue weighted by Gasteiger charge is 2.29. The van der Waals surface area contributed by atoms with E-state index < -0.39 is 0 Å². The quantitative estimate of drug-likeness (QED) is 0.811. The molecule has 0 fully saturated rings. The van der Waals surface area contributed by atoms with Crippen LogP contribution >= 0.6 is 0 Å². The Balaban J connectivity index is 2.90. The molecule has 1 aromatic carbocycles. The molecule has 0 saturated heterocycles. The van der Waals surface area contributed by atoms with E-state index in [0.29, 0.717) is 6.04 Å². The number of aryl methyl sites for hydroxylation is 2. The second-order valence-electron chi connectivity index (χ2n) is 5.95. The van der Waals surface area contributed by atoms with Gasteiger partial charge in [-0.2, -0.15) is 0 Å². The van der Waals surface area contributed by atoms with Gasteiger partial charge in [0.15, 0.2) is 0 Å². The maximum atomic E-state index is 5.68. The lowest BCUT2D eigenvalue weighted by Crippen LogP contribution is -2.49. The van der Waals surface area contributed by atoms with Crippen molar-refractivity contribution in [3.8, 4) is 0 Å². The van der Waals surface area contributed by atoms with Crippen molar-refractivity contribution in [1.29, 1.82) is 0 Å². The number of ether oxygens (including phenoxy) is 1. The van der Waals surface area contributed by atoms with E-state index >= 15 is 0 Å². The zero-order chi connectivity index (χ0) is 14.5. The Kier molecular flexibility index (Phi) is 6.02. The van der Waals surface area contributed by atoms with E-state index in [4.69, 9.17) is 4.74 Å². The predicted molar refractivity (Wildman–Crippen MR) is 82.8 cm³/mol. The van der Waals surface area contributed by atoms with Gasteiger partial charge in [-0.1, -0.05) is 30.7 Å². The summed E-state index contributed by atoms with van der Waals surface area (Å²) in [4.78, 5) is 0. The predicted octanol–water partition coefficient (Wildman–Crippen LogP) is 3.64. The Morgan fingerprint density at radius 2 is 1.95 bits per heavy atom. The number of hydrogen-bond donors (Lipinski definition) is 1. The summed E-state index contributed by atoms with van der Waals surface area (Å²) in [5, 5.41) is 3.63. The van der Waals surface area contributed by atoms with Gasteiger partial charge in [-0.05, 0) is 58.2 Å². The van der Waals surface area contributed by atoms with Crippen LogP contribution in [-0.4, -0.2) is 25.3 Å². The average molecular weight is 263 g/mol. The van der Waals surface area contributed by atoms with Crippen LogP contribution in [0.3, 0.4) is 0 Å². The van der Waals surface area contributed by atoms with E-state index in [1.54, 1.807) is 7.11 Å². The van der Waals surface area contributed by atoms with Crippen LogP contribution in [-0.2, 0) is 11.2 Å². The summed E-state index contributed by atoms with van der Waals surface area (Å²) < 4.78 is 5.68. The molecule has 0 aliphatic carbocycles. The molecule has 0 aliphatic rings. The molecule has 1 unspecified atom stereocenters.